The van der Waals surface area contributed by atoms with Gasteiger partial charge >= 0.3 is 5.97 Å². The number of hydrogen-bond acceptors (Lipinski definition) is 5. The number of methoxy groups -OCH3 is 3. The minimum atomic E-state index is -0.402. The van der Waals surface area contributed by atoms with Gasteiger partial charge in [-0.25, -0.2) is 4.79 Å². The Bertz CT molecular complexity index is 468. The molecule has 0 bridgehead atoms. The Morgan fingerprint density at radius 3 is 2.05 bits per heavy atom. The lowest BCUT2D eigenvalue weighted by Gasteiger charge is -2.14. The topological polar surface area (TPSA) is 54.0 Å². The lowest BCUT2D eigenvalue weighted by molar-refractivity contribution is -0.138. The molecular formula is C15H20O5. The summed E-state index contributed by atoms with van der Waals surface area (Å²) < 4.78 is 20.7. The van der Waals surface area contributed by atoms with Crippen molar-refractivity contribution in [3.63, 3.8) is 0 Å². The van der Waals surface area contributed by atoms with Gasteiger partial charge in [0.1, 0.15) is 0 Å². The fourth-order valence-corrected chi connectivity index (χ4v) is 1.79. The van der Waals surface area contributed by atoms with Crippen LogP contribution in [0.5, 0.6) is 17.2 Å². The van der Waals surface area contributed by atoms with Gasteiger partial charge in [-0.2, -0.15) is 0 Å². The summed E-state index contributed by atoms with van der Waals surface area (Å²) in [6.07, 6.45) is 0.357. The minimum Gasteiger partial charge on any atom is -0.493 e. The Hall–Kier alpha value is -2.17. The van der Waals surface area contributed by atoms with Crippen LogP contribution in [0.2, 0.25) is 0 Å². The molecule has 0 aliphatic rings. The van der Waals surface area contributed by atoms with Gasteiger partial charge in [0.25, 0.3) is 0 Å². The van der Waals surface area contributed by atoms with Gasteiger partial charge in [-0.15, -0.1) is 0 Å². The van der Waals surface area contributed by atoms with E-state index in [4.69, 9.17) is 18.9 Å². The maximum Gasteiger partial charge on any atom is 0.333 e. The van der Waals surface area contributed by atoms with E-state index >= 15 is 0 Å². The number of carbonyl (C=O) groups is 1. The van der Waals surface area contributed by atoms with Crippen molar-refractivity contribution < 1.29 is 23.7 Å². The fraction of sp³-hybridized carbons (Fsp3) is 0.400. The number of rotatable bonds is 7. The third kappa shape index (κ3) is 3.66. The Morgan fingerprint density at radius 1 is 1.10 bits per heavy atom. The summed E-state index contributed by atoms with van der Waals surface area (Å²) in [5.74, 6) is 1.19. The van der Waals surface area contributed by atoms with Crippen molar-refractivity contribution in [2.24, 2.45) is 0 Å². The second-order valence-corrected chi connectivity index (χ2v) is 4.03. The van der Waals surface area contributed by atoms with Crippen molar-refractivity contribution in [3.05, 3.63) is 29.8 Å². The predicted octanol–water partition coefficient (Wildman–Crippen LogP) is 2.37. The van der Waals surface area contributed by atoms with Gasteiger partial charge in [-0.05, 0) is 24.6 Å². The molecule has 0 fully saturated rings. The number of hydrogen-bond donors (Lipinski definition) is 0. The fourth-order valence-electron chi connectivity index (χ4n) is 1.79. The van der Waals surface area contributed by atoms with E-state index in [1.54, 1.807) is 33.3 Å². The molecule has 0 heterocycles. The maximum absolute atomic E-state index is 11.6. The normalized spacial score (nSPS) is 9.80. The lowest BCUT2D eigenvalue weighted by atomic mass is 10.1. The molecule has 5 nitrogen and oxygen atoms in total. The second-order valence-electron chi connectivity index (χ2n) is 4.03. The van der Waals surface area contributed by atoms with Gasteiger partial charge in [0.05, 0.1) is 27.9 Å². The highest BCUT2D eigenvalue weighted by Crippen LogP contribution is 2.38. The van der Waals surface area contributed by atoms with Crippen LogP contribution in [-0.4, -0.2) is 33.9 Å². The molecule has 110 valence electrons. The number of esters is 1. The molecule has 0 saturated heterocycles. The zero-order chi connectivity index (χ0) is 15.1. The first-order valence-electron chi connectivity index (χ1n) is 6.21. The molecule has 0 aliphatic heterocycles. The summed E-state index contributed by atoms with van der Waals surface area (Å²) in [5, 5.41) is 0. The van der Waals surface area contributed by atoms with Crippen LogP contribution in [0.25, 0.3) is 0 Å². The largest absolute Gasteiger partial charge is 0.493 e. The standard InChI is InChI=1S/C15H20O5/c1-6-20-15(16)10(2)7-11-8-12(17-3)14(19-5)13(9-11)18-4/h8-9H,2,6-7H2,1,3-5H3. The molecule has 5 heteroatoms. The van der Waals surface area contributed by atoms with Crippen molar-refractivity contribution in [1.29, 1.82) is 0 Å². The van der Waals surface area contributed by atoms with Crippen molar-refractivity contribution >= 4 is 5.97 Å². The summed E-state index contributed by atoms with van der Waals surface area (Å²) in [4.78, 5) is 11.6. The molecule has 1 aromatic rings. The molecule has 0 radical (unpaired) electrons. The number of benzene rings is 1. The first-order valence-corrected chi connectivity index (χ1v) is 6.21. The van der Waals surface area contributed by atoms with Crippen LogP contribution >= 0.6 is 0 Å². The Balaban J connectivity index is 3.02. The molecule has 0 atom stereocenters. The third-order valence-electron chi connectivity index (χ3n) is 2.71. The molecule has 0 aliphatic carbocycles. The van der Waals surface area contributed by atoms with Gasteiger partial charge in [-0.1, -0.05) is 6.58 Å². The molecule has 1 rings (SSSR count). The molecule has 0 unspecified atom stereocenters. The average molecular weight is 280 g/mol. The smallest absolute Gasteiger partial charge is 0.333 e. The average Bonchev–Trinajstić information content (AvgIpc) is 2.46. The van der Waals surface area contributed by atoms with Gasteiger partial charge in [-0.3, -0.25) is 0 Å². The second kappa shape index (κ2) is 7.43. The van der Waals surface area contributed by atoms with E-state index < -0.39 is 5.97 Å². The third-order valence-corrected chi connectivity index (χ3v) is 2.71. The number of carbonyl (C=O) groups excluding carboxylic acids is 1. The van der Waals surface area contributed by atoms with E-state index in [0.29, 0.717) is 35.8 Å². The van der Waals surface area contributed by atoms with Gasteiger partial charge in [0.15, 0.2) is 11.5 Å². The van der Waals surface area contributed by atoms with Gasteiger partial charge < -0.3 is 18.9 Å². The predicted molar refractivity (Wildman–Crippen MR) is 75.6 cm³/mol. The van der Waals surface area contributed by atoms with Crippen LogP contribution in [-0.2, 0) is 16.0 Å². The molecule has 0 saturated carbocycles. The highest BCUT2D eigenvalue weighted by molar-refractivity contribution is 5.88. The van der Waals surface area contributed by atoms with Gasteiger partial charge in [0, 0.05) is 12.0 Å². The van der Waals surface area contributed by atoms with Crippen molar-refractivity contribution in [3.8, 4) is 17.2 Å². The molecular weight excluding hydrogens is 260 g/mol. The van der Waals surface area contributed by atoms with Crippen LogP contribution in [0, 0.1) is 0 Å². The summed E-state index contributed by atoms with van der Waals surface area (Å²) in [6.45, 7) is 5.82. The first kappa shape index (κ1) is 15.9. The highest BCUT2D eigenvalue weighted by atomic mass is 16.5. The monoisotopic (exact) mass is 280 g/mol. The molecule has 0 spiro atoms. The SMILES string of the molecule is C=C(Cc1cc(OC)c(OC)c(OC)c1)C(=O)OCC. The summed E-state index contributed by atoms with van der Waals surface area (Å²) in [5.41, 5.74) is 1.21. The quantitative estimate of drug-likeness (QED) is 0.567. The van der Waals surface area contributed by atoms with Crippen molar-refractivity contribution in [2.45, 2.75) is 13.3 Å². The summed E-state index contributed by atoms with van der Waals surface area (Å²) in [7, 11) is 4.63. The van der Waals surface area contributed by atoms with E-state index in [1.807, 2.05) is 0 Å². The molecule has 0 aromatic heterocycles. The van der Waals surface area contributed by atoms with E-state index in [-0.39, 0.29) is 0 Å². The maximum atomic E-state index is 11.6. The zero-order valence-electron chi connectivity index (χ0n) is 12.3. The highest BCUT2D eigenvalue weighted by Gasteiger charge is 2.15. The first-order chi connectivity index (χ1) is 9.57. The Morgan fingerprint density at radius 2 is 1.65 bits per heavy atom. The molecule has 20 heavy (non-hydrogen) atoms. The molecule has 0 N–H and O–H groups in total. The van der Waals surface area contributed by atoms with Crippen molar-refractivity contribution in [1.82, 2.24) is 0 Å². The van der Waals surface area contributed by atoms with Crippen LogP contribution in [0.3, 0.4) is 0 Å². The van der Waals surface area contributed by atoms with Gasteiger partial charge in [0.2, 0.25) is 5.75 Å². The lowest BCUT2D eigenvalue weighted by Crippen LogP contribution is -2.09. The van der Waals surface area contributed by atoms with E-state index in [9.17, 15) is 4.79 Å². The molecule has 1 aromatic carbocycles. The summed E-state index contributed by atoms with van der Waals surface area (Å²) >= 11 is 0. The zero-order valence-corrected chi connectivity index (χ0v) is 12.3. The van der Waals surface area contributed by atoms with Crippen LogP contribution < -0.4 is 14.2 Å². The molecule has 0 amide bonds. The Kier molecular flexibility index (Phi) is 5.90. The number of ether oxygens (including phenoxy) is 4. The van der Waals surface area contributed by atoms with E-state index in [0.717, 1.165) is 5.56 Å². The van der Waals surface area contributed by atoms with E-state index in [2.05, 4.69) is 6.58 Å². The summed E-state index contributed by atoms with van der Waals surface area (Å²) in [6, 6.07) is 3.57. The van der Waals surface area contributed by atoms with E-state index in [1.165, 1.54) is 7.11 Å². The van der Waals surface area contributed by atoms with Crippen LogP contribution in [0.15, 0.2) is 24.3 Å². The van der Waals surface area contributed by atoms with Crippen LogP contribution in [0.4, 0.5) is 0 Å². The Labute approximate surface area is 119 Å². The minimum absolute atomic E-state index is 0.326. The van der Waals surface area contributed by atoms with Crippen molar-refractivity contribution in [2.75, 3.05) is 27.9 Å². The van der Waals surface area contributed by atoms with Crippen LogP contribution in [0.1, 0.15) is 12.5 Å².